The molecule has 2 rings (SSSR count). The zero-order valence-electron chi connectivity index (χ0n) is 14.7. The van der Waals surface area contributed by atoms with Gasteiger partial charge in [-0.3, -0.25) is 9.78 Å². The van der Waals surface area contributed by atoms with Crippen molar-refractivity contribution in [3.8, 4) is 5.75 Å². The molecule has 1 amide bonds. The number of hydrogen-bond acceptors (Lipinski definition) is 4. The van der Waals surface area contributed by atoms with E-state index in [1.165, 1.54) is 0 Å². The summed E-state index contributed by atoms with van der Waals surface area (Å²) in [4.78, 5) is 16.7. The highest BCUT2D eigenvalue weighted by atomic mass is 16.5. The fraction of sp³-hybridized carbons (Fsp3) is 0.368. The van der Waals surface area contributed by atoms with Crippen LogP contribution in [-0.4, -0.2) is 23.0 Å². The number of amides is 1. The summed E-state index contributed by atoms with van der Waals surface area (Å²) in [6, 6.07) is 11.3. The highest BCUT2D eigenvalue weighted by molar-refractivity contribution is 6.04. The lowest BCUT2D eigenvalue weighted by molar-refractivity contribution is 0.102. The van der Waals surface area contributed by atoms with Crippen molar-refractivity contribution in [3.05, 3.63) is 48.3 Å². The topological polar surface area (TPSA) is 63.2 Å². The highest BCUT2D eigenvalue weighted by Gasteiger charge is 2.12. The average Bonchev–Trinajstić information content (AvgIpc) is 2.56. The van der Waals surface area contributed by atoms with Crippen LogP contribution in [0.2, 0.25) is 0 Å². The molecular weight excluding hydrogens is 302 g/mol. The second-order valence-corrected chi connectivity index (χ2v) is 6.00. The SMILES string of the molecule is CCC(C)Nc1ccnc(C(=O)Nc2ccccc2OC(C)C)c1. The molecule has 0 saturated heterocycles. The number of nitrogens with zero attached hydrogens (tertiary/aromatic N) is 1. The Hall–Kier alpha value is -2.56. The van der Waals surface area contributed by atoms with Crippen LogP contribution in [0.4, 0.5) is 11.4 Å². The molecule has 0 spiro atoms. The van der Waals surface area contributed by atoms with Crippen LogP contribution in [0.5, 0.6) is 5.75 Å². The molecule has 5 nitrogen and oxygen atoms in total. The third kappa shape index (κ3) is 4.98. The Morgan fingerprint density at radius 2 is 1.96 bits per heavy atom. The van der Waals surface area contributed by atoms with Crippen molar-refractivity contribution in [1.29, 1.82) is 0 Å². The molecule has 2 N–H and O–H groups in total. The molecule has 1 aromatic heterocycles. The number of rotatable bonds is 7. The molecule has 0 fully saturated rings. The van der Waals surface area contributed by atoms with Crippen LogP contribution in [0.3, 0.4) is 0 Å². The maximum Gasteiger partial charge on any atom is 0.274 e. The molecule has 0 aliphatic heterocycles. The number of benzene rings is 1. The normalized spacial score (nSPS) is 11.9. The van der Waals surface area contributed by atoms with E-state index in [1.54, 1.807) is 12.3 Å². The Labute approximate surface area is 143 Å². The van der Waals surface area contributed by atoms with Crippen molar-refractivity contribution in [2.24, 2.45) is 0 Å². The van der Waals surface area contributed by atoms with E-state index in [-0.39, 0.29) is 12.0 Å². The summed E-state index contributed by atoms with van der Waals surface area (Å²) in [5, 5.41) is 6.22. The Morgan fingerprint density at radius 3 is 2.67 bits per heavy atom. The molecule has 1 heterocycles. The van der Waals surface area contributed by atoms with Gasteiger partial charge in [0.15, 0.2) is 0 Å². The van der Waals surface area contributed by atoms with Crippen molar-refractivity contribution in [1.82, 2.24) is 4.98 Å². The van der Waals surface area contributed by atoms with Gasteiger partial charge in [0.2, 0.25) is 0 Å². The third-order valence-corrected chi connectivity index (χ3v) is 3.52. The van der Waals surface area contributed by atoms with Crippen LogP contribution < -0.4 is 15.4 Å². The minimum absolute atomic E-state index is 0.0317. The quantitative estimate of drug-likeness (QED) is 0.794. The largest absolute Gasteiger partial charge is 0.489 e. The molecule has 1 atom stereocenters. The molecule has 5 heteroatoms. The number of nitrogens with one attached hydrogen (secondary N) is 2. The highest BCUT2D eigenvalue weighted by Crippen LogP contribution is 2.25. The van der Waals surface area contributed by atoms with Gasteiger partial charge >= 0.3 is 0 Å². The van der Waals surface area contributed by atoms with E-state index in [4.69, 9.17) is 4.74 Å². The number of aromatic nitrogens is 1. The first kappa shape index (κ1) is 17.8. The van der Waals surface area contributed by atoms with Crippen LogP contribution in [0.15, 0.2) is 42.6 Å². The zero-order valence-corrected chi connectivity index (χ0v) is 14.7. The second kappa shape index (κ2) is 8.34. The lowest BCUT2D eigenvalue weighted by atomic mass is 10.2. The van der Waals surface area contributed by atoms with Crippen LogP contribution >= 0.6 is 0 Å². The molecule has 2 aromatic rings. The maximum absolute atomic E-state index is 12.5. The number of carbonyl (C=O) groups is 1. The van der Waals surface area contributed by atoms with Crippen LogP contribution in [0, 0.1) is 0 Å². The van der Waals surface area contributed by atoms with E-state index in [9.17, 15) is 4.79 Å². The minimum Gasteiger partial charge on any atom is -0.489 e. The lowest BCUT2D eigenvalue weighted by Gasteiger charge is -2.15. The van der Waals surface area contributed by atoms with Gasteiger partial charge in [0.1, 0.15) is 11.4 Å². The van der Waals surface area contributed by atoms with E-state index in [1.807, 2.05) is 44.2 Å². The summed E-state index contributed by atoms with van der Waals surface area (Å²) >= 11 is 0. The summed E-state index contributed by atoms with van der Waals surface area (Å²) in [5.41, 5.74) is 1.89. The molecule has 0 bridgehead atoms. The number of carbonyl (C=O) groups excluding carboxylic acids is 1. The molecule has 128 valence electrons. The van der Waals surface area contributed by atoms with Crippen LogP contribution in [0.25, 0.3) is 0 Å². The summed E-state index contributed by atoms with van der Waals surface area (Å²) < 4.78 is 5.73. The van der Waals surface area contributed by atoms with Gasteiger partial charge in [-0.2, -0.15) is 0 Å². The van der Waals surface area contributed by atoms with E-state index >= 15 is 0 Å². The molecule has 0 aliphatic rings. The number of hydrogen-bond donors (Lipinski definition) is 2. The second-order valence-electron chi connectivity index (χ2n) is 6.00. The van der Waals surface area contributed by atoms with Gasteiger partial charge in [0.25, 0.3) is 5.91 Å². The van der Waals surface area contributed by atoms with Crippen LogP contribution in [0.1, 0.15) is 44.6 Å². The number of anilines is 2. The van der Waals surface area contributed by atoms with Gasteiger partial charge in [-0.15, -0.1) is 0 Å². The first-order valence-corrected chi connectivity index (χ1v) is 8.29. The van der Waals surface area contributed by atoms with Gasteiger partial charge in [-0.05, 0) is 51.5 Å². The molecule has 1 unspecified atom stereocenters. The minimum atomic E-state index is -0.261. The Kier molecular flexibility index (Phi) is 6.18. The average molecular weight is 327 g/mol. The monoisotopic (exact) mass is 327 g/mol. The maximum atomic E-state index is 12.5. The molecule has 0 saturated carbocycles. The van der Waals surface area contributed by atoms with Gasteiger partial charge in [0, 0.05) is 17.9 Å². The molecule has 1 aromatic carbocycles. The van der Waals surface area contributed by atoms with Gasteiger partial charge in [-0.25, -0.2) is 0 Å². The summed E-state index contributed by atoms with van der Waals surface area (Å²) in [6.45, 7) is 8.10. The number of pyridine rings is 1. The predicted molar refractivity (Wildman–Crippen MR) is 97.8 cm³/mol. The fourth-order valence-corrected chi connectivity index (χ4v) is 2.14. The number of para-hydroxylation sites is 2. The first-order valence-electron chi connectivity index (χ1n) is 8.29. The van der Waals surface area contributed by atoms with Crippen molar-refractivity contribution in [2.75, 3.05) is 10.6 Å². The first-order chi connectivity index (χ1) is 11.5. The molecule has 0 aliphatic carbocycles. The number of ether oxygens (including phenoxy) is 1. The Morgan fingerprint density at radius 1 is 1.21 bits per heavy atom. The van der Waals surface area contributed by atoms with Crippen molar-refractivity contribution in [3.63, 3.8) is 0 Å². The van der Waals surface area contributed by atoms with E-state index in [0.29, 0.717) is 23.2 Å². The van der Waals surface area contributed by atoms with Gasteiger partial charge in [0.05, 0.1) is 11.8 Å². The summed E-state index contributed by atoms with van der Waals surface area (Å²) in [7, 11) is 0. The molecule has 24 heavy (non-hydrogen) atoms. The molecule has 0 radical (unpaired) electrons. The van der Waals surface area contributed by atoms with Gasteiger partial charge in [-0.1, -0.05) is 19.1 Å². The van der Waals surface area contributed by atoms with Crippen molar-refractivity contribution < 1.29 is 9.53 Å². The van der Waals surface area contributed by atoms with Crippen molar-refractivity contribution in [2.45, 2.75) is 46.3 Å². The van der Waals surface area contributed by atoms with Crippen LogP contribution in [-0.2, 0) is 0 Å². The third-order valence-electron chi connectivity index (χ3n) is 3.52. The smallest absolute Gasteiger partial charge is 0.274 e. The van der Waals surface area contributed by atoms with Gasteiger partial charge < -0.3 is 15.4 Å². The van der Waals surface area contributed by atoms with E-state index < -0.39 is 0 Å². The van der Waals surface area contributed by atoms with Crippen molar-refractivity contribution >= 4 is 17.3 Å². The summed E-state index contributed by atoms with van der Waals surface area (Å²) in [5.74, 6) is 0.386. The predicted octanol–water partition coefficient (Wildman–Crippen LogP) is 4.33. The Balaban J connectivity index is 2.14. The molecular formula is C19H25N3O2. The lowest BCUT2D eigenvalue weighted by Crippen LogP contribution is -2.17. The zero-order chi connectivity index (χ0) is 17.5. The van der Waals surface area contributed by atoms with E-state index in [2.05, 4.69) is 29.5 Å². The summed E-state index contributed by atoms with van der Waals surface area (Å²) in [6.07, 6.45) is 2.67. The fourth-order valence-electron chi connectivity index (χ4n) is 2.14. The van der Waals surface area contributed by atoms with E-state index in [0.717, 1.165) is 12.1 Å². The standard InChI is InChI=1S/C19H25N3O2/c1-5-14(4)21-15-10-11-20-17(12-15)19(23)22-16-8-6-7-9-18(16)24-13(2)3/h6-14H,5H2,1-4H3,(H,20,21)(H,22,23). The Bertz CT molecular complexity index is 686.